The summed E-state index contributed by atoms with van der Waals surface area (Å²) >= 11 is 0. The van der Waals surface area contributed by atoms with Crippen LogP contribution in [0.2, 0.25) is 0 Å². The van der Waals surface area contributed by atoms with Crippen LogP contribution in [0.4, 0.5) is 0 Å². The normalized spacial score (nSPS) is 9.85. The Morgan fingerprint density at radius 2 is 1.69 bits per heavy atom. The maximum absolute atomic E-state index is 11.3. The van der Waals surface area contributed by atoms with E-state index in [4.69, 9.17) is 0 Å². The molecule has 1 rings (SSSR count). The van der Waals surface area contributed by atoms with Crippen LogP contribution in [0.1, 0.15) is 27.0 Å². The van der Waals surface area contributed by atoms with E-state index in [1.54, 1.807) is 0 Å². The first kappa shape index (κ1) is 10.2. The van der Waals surface area contributed by atoms with Crippen LogP contribution < -0.4 is 0 Å². The van der Waals surface area contributed by atoms with Crippen LogP contribution in [0.15, 0.2) is 12.1 Å². The van der Waals surface area contributed by atoms with Crippen molar-refractivity contribution in [2.45, 2.75) is 20.8 Å². The van der Waals surface area contributed by atoms with Crippen LogP contribution in [0, 0.1) is 20.8 Å². The lowest BCUT2D eigenvalue weighted by Crippen LogP contribution is -2.04. The summed E-state index contributed by atoms with van der Waals surface area (Å²) in [6, 6.07) is 3.90. The van der Waals surface area contributed by atoms with Gasteiger partial charge in [-0.25, -0.2) is 4.79 Å². The fourth-order valence-corrected chi connectivity index (χ4v) is 1.64. The van der Waals surface area contributed by atoms with E-state index < -0.39 is 5.97 Å². The third-order valence-corrected chi connectivity index (χ3v) is 2.13. The molecule has 0 heterocycles. The zero-order valence-corrected chi connectivity index (χ0v) is 8.81. The fraction of sp³-hybridized carbons (Fsp3) is 0.300. The van der Waals surface area contributed by atoms with Crippen molar-refractivity contribution in [3.63, 3.8) is 0 Å². The molecule has 0 atom stereocenters. The SMILES string of the molecule is Cc1cc(C)c(C(=O)O[P])c(C)c1. The first-order chi connectivity index (χ1) is 6.06. The van der Waals surface area contributed by atoms with E-state index in [-0.39, 0.29) is 0 Å². The van der Waals surface area contributed by atoms with Crippen molar-refractivity contribution in [2.24, 2.45) is 0 Å². The van der Waals surface area contributed by atoms with Gasteiger partial charge in [0.2, 0.25) is 9.47 Å². The Morgan fingerprint density at radius 3 is 2.08 bits per heavy atom. The second-order valence-electron chi connectivity index (χ2n) is 3.15. The summed E-state index contributed by atoms with van der Waals surface area (Å²) in [7, 11) is 3.50. The van der Waals surface area contributed by atoms with Gasteiger partial charge in [-0.2, -0.15) is 0 Å². The minimum Gasteiger partial charge on any atom is -0.424 e. The molecule has 0 aromatic heterocycles. The molecule has 3 heteroatoms. The molecule has 0 unspecified atom stereocenters. The van der Waals surface area contributed by atoms with Crippen LogP contribution in [0.5, 0.6) is 0 Å². The summed E-state index contributed by atoms with van der Waals surface area (Å²) in [6.07, 6.45) is 0. The summed E-state index contributed by atoms with van der Waals surface area (Å²) in [6.45, 7) is 5.77. The Bertz CT molecular complexity index is 322. The van der Waals surface area contributed by atoms with Crippen LogP contribution >= 0.6 is 9.47 Å². The molecule has 2 nitrogen and oxygen atoms in total. The van der Waals surface area contributed by atoms with E-state index in [0.29, 0.717) is 5.56 Å². The van der Waals surface area contributed by atoms with E-state index >= 15 is 0 Å². The van der Waals surface area contributed by atoms with Crippen molar-refractivity contribution < 1.29 is 9.32 Å². The lowest BCUT2D eigenvalue weighted by atomic mass is 10.0. The van der Waals surface area contributed by atoms with Crippen LogP contribution in [0.25, 0.3) is 0 Å². The van der Waals surface area contributed by atoms with E-state index in [9.17, 15) is 4.79 Å². The quantitative estimate of drug-likeness (QED) is 0.642. The van der Waals surface area contributed by atoms with E-state index in [1.807, 2.05) is 32.9 Å². The third kappa shape index (κ3) is 2.07. The molecule has 0 aliphatic rings. The first-order valence-corrected chi connectivity index (χ1v) is 4.36. The van der Waals surface area contributed by atoms with Gasteiger partial charge in [0.05, 0.1) is 5.56 Å². The summed E-state index contributed by atoms with van der Waals surface area (Å²) in [5.74, 6) is -0.390. The van der Waals surface area contributed by atoms with Crippen LogP contribution in [0.3, 0.4) is 0 Å². The van der Waals surface area contributed by atoms with E-state index in [2.05, 4.69) is 14.0 Å². The molecule has 0 saturated heterocycles. The van der Waals surface area contributed by atoms with Crippen LogP contribution in [-0.2, 0) is 4.52 Å². The van der Waals surface area contributed by atoms with E-state index in [1.165, 1.54) is 0 Å². The molecular weight excluding hydrogens is 183 g/mol. The van der Waals surface area contributed by atoms with Crippen molar-refractivity contribution in [2.75, 3.05) is 0 Å². The second-order valence-corrected chi connectivity index (χ2v) is 3.34. The lowest BCUT2D eigenvalue weighted by molar-refractivity contribution is 0.0764. The Morgan fingerprint density at radius 1 is 1.23 bits per heavy atom. The summed E-state index contributed by atoms with van der Waals surface area (Å²) < 4.78 is 4.39. The highest BCUT2D eigenvalue weighted by molar-refractivity contribution is 7.10. The largest absolute Gasteiger partial charge is 0.424 e. The predicted octanol–water partition coefficient (Wildman–Crippen LogP) is 3.09. The standard InChI is InChI=1S/C10H11O2P/c1-6-4-7(2)9(8(3)5-6)10(11)12-13/h4-5H,1-3H3. The Balaban J connectivity index is 3.28. The molecule has 1 aromatic rings. The van der Waals surface area contributed by atoms with Crippen molar-refractivity contribution in [1.29, 1.82) is 0 Å². The number of aryl methyl sites for hydroxylation is 3. The molecule has 0 aliphatic carbocycles. The van der Waals surface area contributed by atoms with Crippen LogP contribution in [-0.4, -0.2) is 5.97 Å². The maximum Gasteiger partial charge on any atom is 0.342 e. The molecule has 0 fully saturated rings. The zero-order valence-electron chi connectivity index (χ0n) is 7.92. The van der Waals surface area contributed by atoms with Crippen molar-refractivity contribution in [3.05, 3.63) is 34.4 Å². The first-order valence-electron chi connectivity index (χ1n) is 4.00. The van der Waals surface area contributed by atoms with Gasteiger partial charge < -0.3 is 4.52 Å². The highest BCUT2D eigenvalue weighted by atomic mass is 31.0. The molecule has 0 saturated carbocycles. The molecule has 0 bridgehead atoms. The summed E-state index contributed by atoms with van der Waals surface area (Å²) in [4.78, 5) is 11.3. The molecule has 0 amide bonds. The Kier molecular flexibility index (Phi) is 3.05. The number of hydrogen-bond acceptors (Lipinski definition) is 2. The number of rotatable bonds is 1. The highest BCUT2D eigenvalue weighted by Gasteiger charge is 2.12. The van der Waals surface area contributed by atoms with Gasteiger partial charge in [-0.15, -0.1) is 0 Å². The van der Waals surface area contributed by atoms with Crippen molar-refractivity contribution in [3.8, 4) is 0 Å². The smallest absolute Gasteiger partial charge is 0.342 e. The van der Waals surface area contributed by atoms with Gasteiger partial charge in [0.25, 0.3) is 0 Å². The number of hydrogen-bond donors (Lipinski definition) is 0. The monoisotopic (exact) mass is 194 g/mol. The highest BCUT2D eigenvalue weighted by Crippen LogP contribution is 2.17. The molecule has 13 heavy (non-hydrogen) atoms. The average molecular weight is 194 g/mol. The van der Waals surface area contributed by atoms with Crippen molar-refractivity contribution >= 4 is 15.4 Å². The van der Waals surface area contributed by atoms with Gasteiger partial charge in [-0.05, 0) is 31.9 Å². The second kappa shape index (κ2) is 3.89. The molecule has 68 valence electrons. The zero-order chi connectivity index (χ0) is 10.0. The molecule has 2 radical (unpaired) electrons. The molecule has 0 N–H and O–H groups in total. The molecule has 0 spiro atoms. The van der Waals surface area contributed by atoms with Gasteiger partial charge in [-0.3, -0.25) is 0 Å². The molecular formula is C10H11O2P. The van der Waals surface area contributed by atoms with E-state index in [0.717, 1.165) is 16.7 Å². The van der Waals surface area contributed by atoms with Gasteiger partial charge in [0.1, 0.15) is 0 Å². The lowest BCUT2D eigenvalue weighted by Gasteiger charge is -2.07. The van der Waals surface area contributed by atoms with Gasteiger partial charge in [0, 0.05) is 0 Å². The third-order valence-electron chi connectivity index (χ3n) is 1.96. The van der Waals surface area contributed by atoms with Gasteiger partial charge >= 0.3 is 5.97 Å². The number of carbonyl (C=O) groups excluding carboxylic acids is 1. The molecule has 1 aromatic carbocycles. The molecule has 0 aliphatic heterocycles. The Labute approximate surface area is 80.6 Å². The van der Waals surface area contributed by atoms with Crippen molar-refractivity contribution in [1.82, 2.24) is 0 Å². The summed E-state index contributed by atoms with van der Waals surface area (Å²) in [5, 5.41) is 0. The average Bonchev–Trinajstić information content (AvgIpc) is 2.02. The Hall–Kier alpha value is -0.880. The number of carbonyl (C=O) groups is 1. The minimum absolute atomic E-state index is 0.390. The van der Waals surface area contributed by atoms with Gasteiger partial charge in [0.15, 0.2) is 0 Å². The maximum atomic E-state index is 11.3. The minimum atomic E-state index is -0.390. The predicted molar refractivity (Wildman–Crippen MR) is 53.0 cm³/mol. The fourth-order valence-electron chi connectivity index (χ4n) is 1.55. The van der Waals surface area contributed by atoms with Gasteiger partial charge in [-0.1, -0.05) is 17.7 Å². The topological polar surface area (TPSA) is 26.3 Å². The summed E-state index contributed by atoms with van der Waals surface area (Å²) in [5.41, 5.74) is 3.61. The number of benzene rings is 1.